The van der Waals surface area contributed by atoms with Gasteiger partial charge in [0, 0.05) is 20.7 Å². The first-order chi connectivity index (χ1) is 12.4. The molecule has 26 heavy (non-hydrogen) atoms. The van der Waals surface area contributed by atoms with Crippen LogP contribution in [0.1, 0.15) is 25.6 Å². The smallest absolute Gasteiger partial charge is 0.339 e. The number of benzene rings is 1. The lowest BCUT2D eigenvalue weighted by Crippen LogP contribution is -2.14. The molecule has 2 N–H and O–H groups in total. The third-order valence-electron chi connectivity index (χ3n) is 3.73. The van der Waals surface area contributed by atoms with Crippen molar-refractivity contribution in [2.75, 3.05) is 12.4 Å². The van der Waals surface area contributed by atoms with Crippen LogP contribution < -0.4 is 10.1 Å². The fourth-order valence-electron chi connectivity index (χ4n) is 2.52. The van der Waals surface area contributed by atoms with E-state index < -0.39 is 11.9 Å². The molecule has 0 aliphatic rings. The predicted octanol–water partition coefficient (Wildman–Crippen LogP) is 5.40. The number of hydrogen-bond acceptors (Lipinski definition) is 5. The molecule has 0 aliphatic heterocycles. The second-order valence-corrected chi connectivity index (χ2v) is 7.76. The van der Waals surface area contributed by atoms with E-state index in [1.54, 1.807) is 35.0 Å². The molecule has 3 aromatic rings. The molecule has 2 heterocycles. The van der Waals surface area contributed by atoms with E-state index in [4.69, 9.17) is 16.3 Å². The first-order valence-electron chi connectivity index (χ1n) is 7.46. The summed E-state index contributed by atoms with van der Waals surface area (Å²) in [4.78, 5) is 25.8. The number of hydrogen-bond donors (Lipinski definition) is 2. The molecule has 0 spiro atoms. The number of halogens is 1. The maximum atomic E-state index is 12.6. The minimum Gasteiger partial charge on any atom is -0.495 e. The molecule has 0 radical (unpaired) electrons. The summed E-state index contributed by atoms with van der Waals surface area (Å²) in [6, 6.07) is 6.88. The van der Waals surface area contributed by atoms with Gasteiger partial charge in [-0.1, -0.05) is 23.7 Å². The number of anilines is 1. The van der Waals surface area contributed by atoms with Gasteiger partial charge in [-0.3, -0.25) is 4.79 Å². The number of carboxylic acid groups (broad SMARTS) is 1. The predicted molar refractivity (Wildman–Crippen MR) is 105 cm³/mol. The van der Waals surface area contributed by atoms with E-state index in [2.05, 4.69) is 5.32 Å². The fourth-order valence-corrected chi connectivity index (χ4v) is 4.45. The van der Waals surface area contributed by atoms with E-state index in [-0.39, 0.29) is 11.3 Å². The Morgan fingerprint density at radius 2 is 1.85 bits per heavy atom. The van der Waals surface area contributed by atoms with Crippen molar-refractivity contribution < 1.29 is 19.4 Å². The minimum atomic E-state index is -1.11. The van der Waals surface area contributed by atoms with Gasteiger partial charge in [-0.05, 0) is 24.6 Å². The van der Waals surface area contributed by atoms with Crippen LogP contribution in [0.25, 0.3) is 10.4 Å². The highest BCUT2D eigenvalue weighted by atomic mass is 35.5. The molecule has 0 unspecified atom stereocenters. The first kappa shape index (κ1) is 18.4. The van der Waals surface area contributed by atoms with E-state index in [1.807, 2.05) is 6.92 Å². The Labute approximate surface area is 162 Å². The first-order valence-corrected chi connectivity index (χ1v) is 9.60. The highest BCUT2D eigenvalue weighted by Gasteiger charge is 2.23. The minimum absolute atomic E-state index is 0.0524. The van der Waals surface area contributed by atoms with Crippen molar-refractivity contribution in [1.29, 1.82) is 0 Å². The number of rotatable bonds is 5. The fraction of sp³-hybridized carbons (Fsp3) is 0.111. The van der Waals surface area contributed by atoms with Gasteiger partial charge in [-0.2, -0.15) is 0 Å². The Bertz CT molecular complexity index is 976. The Kier molecular flexibility index (Phi) is 5.31. The van der Waals surface area contributed by atoms with E-state index in [9.17, 15) is 14.7 Å². The number of nitrogens with one attached hydrogen (secondary N) is 1. The van der Waals surface area contributed by atoms with Gasteiger partial charge in [0.15, 0.2) is 0 Å². The van der Waals surface area contributed by atoms with E-state index >= 15 is 0 Å². The highest BCUT2D eigenvalue weighted by molar-refractivity contribution is 7.14. The standard InChI is InChI=1S/C18H14ClNO4S2/c1-9-15(24-2)12(7-25-9)17(21)20-13-8-26-16(14(13)18(22)23)10-3-5-11(19)6-4-10/h3-8H,1-2H3,(H,20,21)(H,22,23). The van der Waals surface area contributed by atoms with Crippen molar-refractivity contribution in [1.82, 2.24) is 0 Å². The van der Waals surface area contributed by atoms with Gasteiger partial charge >= 0.3 is 5.97 Å². The highest BCUT2D eigenvalue weighted by Crippen LogP contribution is 2.37. The second kappa shape index (κ2) is 7.49. The van der Waals surface area contributed by atoms with Gasteiger partial charge in [0.25, 0.3) is 5.91 Å². The summed E-state index contributed by atoms with van der Waals surface area (Å²) in [7, 11) is 1.50. The number of amides is 1. The Balaban J connectivity index is 1.97. The van der Waals surface area contributed by atoms with Gasteiger partial charge in [0.2, 0.25) is 0 Å². The van der Waals surface area contributed by atoms with Crippen LogP contribution in [-0.4, -0.2) is 24.1 Å². The van der Waals surface area contributed by atoms with Crippen LogP contribution in [0.2, 0.25) is 5.02 Å². The van der Waals surface area contributed by atoms with Gasteiger partial charge < -0.3 is 15.2 Å². The number of ether oxygens (including phenoxy) is 1. The largest absolute Gasteiger partial charge is 0.495 e. The van der Waals surface area contributed by atoms with Crippen LogP contribution in [-0.2, 0) is 0 Å². The molecular formula is C18H14ClNO4S2. The van der Waals surface area contributed by atoms with Crippen LogP contribution in [0.15, 0.2) is 35.0 Å². The molecule has 3 rings (SSSR count). The molecule has 0 aliphatic carbocycles. The van der Waals surface area contributed by atoms with Crippen LogP contribution in [0.3, 0.4) is 0 Å². The number of carboxylic acids is 1. The summed E-state index contributed by atoms with van der Waals surface area (Å²) in [6.07, 6.45) is 0. The van der Waals surface area contributed by atoms with Crippen LogP contribution in [0.5, 0.6) is 5.75 Å². The zero-order valence-electron chi connectivity index (χ0n) is 13.8. The number of aromatic carboxylic acids is 1. The van der Waals surface area contributed by atoms with Crippen LogP contribution in [0.4, 0.5) is 5.69 Å². The average molecular weight is 408 g/mol. The van der Waals surface area contributed by atoms with E-state index in [0.717, 1.165) is 10.4 Å². The number of carbonyl (C=O) groups excluding carboxylic acids is 1. The zero-order valence-corrected chi connectivity index (χ0v) is 16.2. The van der Waals surface area contributed by atoms with Gasteiger partial charge in [0.1, 0.15) is 11.3 Å². The number of aryl methyl sites for hydroxylation is 1. The van der Waals surface area contributed by atoms with Crippen molar-refractivity contribution >= 4 is 51.8 Å². The van der Waals surface area contributed by atoms with Gasteiger partial charge in [-0.15, -0.1) is 22.7 Å². The summed E-state index contributed by atoms with van der Waals surface area (Å²) < 4.78 is 5.26. The lowest BCUT2D eigenvalue weighted by Gasteiger charge is -2.07. The molecule has 2 aromatic heterocycles. The number of carbonyl (C=O) groups is 2. The summed E-state index contributed by atoms with van der Waals surface area (Å²) in [5.41, 5.74) is 1.41. The third-order valence-corrected chi connectivity index (χ3v) is 5.90. The van der Waals surface area contributed by atoms with Crippen molar-refractivity contribution in [3.63, 3.8) is 0 Å². The average Bonchev–Trinajstić information content (AvgIpc) is 3.19. The normalized spacial score (nSPS) is 10.6. The van der Waals surface area contributed by atoms with Crippen molar-refractivity contribution in [3.05, 3.63) is 56.1 Å². The second-order valence-electron chi connectivity index (χ2n) is 5.36. The third kappa shape index (κ3) is 3.46. The summed E-state index contributed by atoms with van der Waals surface area (Å²) >= 11 is 8.54. The molecule has 1 amide bonds. The monoisotopic (exact) mass is 407 g/mol. The maximum absolute atomic E-state index is 12.6. The molecule has 0 saturated carbocycles. The quantitative estimate of drug-likeness (QED) is 0.593. The molecule has 0 saturated heterocycles. The van der Waals surface area contributed by atoms with E-state index in [1.165, 1.54) is 29.8 Å². The molecule has 8 heteroatoms. The van der Waals surface area contributed by atoms with Crippen molar-refractivity contribution in [3.8, 4) is 16.2 Å². The van der Waals surface area contributed by atoms with Crippen LogP contribution in [0, 0.1) is 6.92 Å². The van der Waals surface area contributed by atoms with Crippen LogP contribution >= 0.6 is 34.3 Å². The topological polar surface area (TPSA) is 75.6 Å². The maximum Gasteiger partial charge on any atom is 0.339 e. The lowest BCUT2D eigenvalue weighted by atomic mass is 10.1. The summed E-state index contributed by atoms with van der Waals surface area (Å²) in [6.45, 7) is 1.85. The van der Waals surface area contributed by atoms with E-state index in [0.29, 0.717) is 21.2 Å². The number of thiophene rings is 2. The Hall–Kier alpha value is -2.35. The Morgan fingerprint density at radius 1 is 1.15 bits per heavy atom. The molecule has 0 atom stereocenters. The molecule has 0 fully saturated rings. The SMILES string of the molecule is COc1c(C(=O)Nc2csc(-c3ccc(Cl)cc3)c2C(=O)O)csc1C. The lowest BCUT2D eigenvalue weighted by molar-refractivity contribution is 0.0699. The van der Waals surface area contributed by atoms with Crippen molar-refractivity contribution in [2.45, 2.75) is 6.92 Å². The molecule has 0 bridgehead atoms. The summed E-state index contributed by atoms with van der Waals surface area (Å²) in [5.74, 6) is -1.02. The molecular weight excluding hydrogens is 394 g/mol. The summed E-state index contributed by atoms with van der Waals surface area (Å²) in [5, 5.41) is 16.2. The molecule has 1 aromatic carbocycles. The van der Waals surface area contributed by atoms with Crippen molar-refractivity contribution in [2.24, 2.45) is 0 Å². The Morgan fingerprint density at radius 3 is 2.46 bits per heavy atom. The zero-order chi connectivity index (χ0) is 18.8. The van der Waals surface area contributed by atoms with Gasteiger partial charge in [0.05, 0.1) is 23.2 Å². The molecule has 134 valence electrons. The number of methoxy groups -OCH3 is 1. The molecule has 5 nitrogen and oxygen atoms in total. The van der Waals surface area contributed by atoms with Gasteiger partial charge in [-0.25, -0.2) is 4.79 Å².